The number of carboxylic acid groups (broad SMARTS) is 2. The van der Waals surface area contributed by atoms with E-state index in [1.807, 2.05) is 0 Å². The predicted octanol–water partition coefficient (Wildman–Crippen LogP) is 1.90. The number of ketones is 1. The van der Waals surface area contributed by atoms with Crippen LogP contribution in [0.3, 0.4) is 0 Å². The van der Waals surface area contributed by atoms with Crippen molar-refractivity contribution in [3.63, 3.8) is 0 Å². The van der Waals surface area contributed by atoms with Crippen LogP contribution in [0.15, 0.2) is 36.4 Å². The van der Waals surface area contributed by atoms with Gasteiger partial charge in [-0.1, -0.05) is 6.07 Å². The summed E-state index contributed by atoms with van der Waals surface area (Å²) in [6.07, 6.45) is 0. The Morgan fingerprint density at radius 2 is 1.65 bits per heavy atom. The van der Waals surface area contributed by atoms with Crippen molar-refractivity contribution in [2.24, 2.45) is 0 Å². The van der Waals surface area contributed by atoms with Crippen LogP contribution in [0.1, 0.15) is 36.6 Å². The summed E-state index contributed by atoms with van der Waals surface area (Å²) >= 11 is 0. The Morgan fingerprint density at radius 3 is 2.22 bits per heavy atom. The number of nitrogen functional groups attached to an aromatic ring is 1. The summed E-state index contributed by atoms with van der Waals surface area (Å²) in [5, 5.41) is 18.3. The lowest BCUT2D eigenvalue weighted by Crippen LogP contribution is -2.12. The van der Waals surface area contributed by atoms with Crippen LogP contribution in [0.4, 0.5) is 5.69 Å². The van der Waals surface area contributed by atoms with Gasteiger partial charge in [0.25, 0.3) is 0 Å². The Labute approximate surface area is 130 Å². The zero-order valence-corrected chi connectivity index (χ0v) is 12.1. The Morgan fingerprint density at radius 1 is 1.00 bits per heavy atom. The molecule has 7 nitrogen and oxygen atoms in total. The fourth-order valence-electron chi connectivity index (χ4n) is 2.17. The SMILES string of the molecule is COc1cccc(C(=O)c2cc(N)cc(C(=O)O)c2)c1C(=O)O. The molecule has 0 heterocycles. The van der Waals surface area contributed by atoms with E-state index in [-0.39, 0.29) is 33.7 Å². The van der Waals surface area contributed by atoms with E-state index in [1.165, 1.54) is 37.4 Å². The number of benzene rings is 2. The quantitative estimate of drug-likeness (QED) is 0.568. The first kappa shape index (κ1) is 16.0. The van der Waals surface area contributed by atoms with E-state index in [4.69, 9.17) is 15.6 Å². The molecule has 118 valence electrons. The maximum atomic E-state index is 12.6. The molecule has 0 amide bonds. The molecular weight excluding hydrogens is 302 g/mol. The Kier molecular flexibility index (Phi) is 4.31. The molecule has 4 N–H and O–H groups in total. The van der Waals surface area contributed by atoms with Gasteiger partial charge in [0.1, 0.15) is 11.3 Å². The summed E-state index contributed by atoms with van der Waals surface area (Å²) in [4.78, 5) is 35.1. The number of nitrogens with two attached hydrogens (primary N) is 1. The summed E-state index contributed by atoms with van der Waals surface area (Å²) in [6, 6.07) is 7.87. The zero-order chi connectivity index (χ0) is 17.1. The summed E-state index contributed by atoms with van der Waals surface area (Å²) in [6.45, 7) is 0. The molecule has 2 rings (SSSR count). The monoisotopic (exact) mass is 315 g/mol. The number of hydrogen-bond donors (Lipinski definition) is 3. The van der Waals surface area contributed by atoms with Crippen molar-refractivity contribution in [2.75, 3.05) is 12.8 Å². The topological polar surface area (TPSA) is 127 Å². The fraction of sp³-hybridized carbons (Fsp3) is 0.0625. The molecule has 0 saturated carbocycles. The highest BCUT2D eigenvalue weighted by atomic mass is 16.5. The molecular formula is C16H13NO6. The maximum absolute atomic E-state index is 12.6. The molecule has 0 spiro atoms. The van der Waals surface area contributed by atoms with Crippen LogP contribution in [0.25, 0.3) is 0 Å². The van der Waals surface area contributed by atoms with Gasteiger partial charge in [0, 0.05) is 16.8 Å². The normalized spacial score (nSPS) is 10.1. The molecule has 2 aromatic rings. The molecule has 23 heavy (non-hydrogen) atoms. The Balaban J connectivity index is 2.62. The third-order valence-electron chi connectivity index (χ3n) is 3.17. The van der Waals surface area contributed by atoms with Gasteiger partial charge >= 0.3 is 11.9 Å². The van der Waals surface area contributed by atoms with Crippen molar-refractivity contribution in [2.45, 2.75) is 0 Å². The minimum Gasteiger partial charge on any atom is -0.496 e. The lowest BCUT2D eigenvalue weighted by Gasteiger charge is -2.10. The van der Waals surface area contributed by atoms with Crippen molar-refractivity contribution in [1.82, 2.24) is 0 Å². The Hall–Kier alpha value is -3.35. The molecule has 0 aliphatic rings. The smallest absolute Gasteiger partial charge is 0.340 e. The first-order chi connectivity index (χ1) is 10.8. The van der Waals surface area contributed by atoms with Crippen molar-refractivity contribution in [3.8, 4) is 5.75 Å². The largest absolute Gasteiger partial charge is 0.496 e. The molecule has 0 aliphatic carbocycles. The highest BCUT2D eigenvalue weighted by Gasteiger charge is 2.23. The number of ether oxygens (including phenoxy) is 1. The lowest BCUT2D eigenvalue weighted by atomic mass is 9.96. The van der Waals surface area contributed by atoms with Gasteiger partial charge in [-0.25, -0.2) is 9.59 Å². The minimum absolute atomic E-state index is 0.0156. The van der Waals surface area contributed by atoms with E-state index in [9.17, 15) is 19.5 Å². The standard InChI is InChI=1S/C16H13NO6/c1-23-12-4-2-3-11(13(12)16(21)22)14(18)8-5-9(15(19)20)7-10(17)6-8/h2-7H,17H2,1H3,(H,19,20)(H,21,22). The van der Waals surface area contributed by atoms with Gasteiger partial charge in [-0.05, 0) is 30.3 Å². The van der Waals surface area contributed by atoms with Crippen LogP contribution >= 0.6 is 0 Å². The molecule has 0 atom stereocenters. The molecule has 0 aromatic heterocycles. The van der Waals surface area contributed by atoms with E-state index in [1.54, 1.807) is 0 Å². The molecule has 7 heteroatoms. The first-order valence-corrected chi connectivity index (χ1v) is 6.44. The van der Waals surface area contributed by atoms with Crippen LogP contribution in [0, 0.1) is 0 Å². The molecule has 0 aliphatic heterocycles. The van der Waals surface area contributed by atoms with Crippen LogP contribution in [-0.4, -0.2) is 35.0 Å². The number of carbonyl (C=O) groups excluding carboxylic acids is 1. The van der Waals surface area contributed by atoms with Crippen molar-refractivity contribution in [3.05, 3.63) is 58.7 Å². The zero-order valence-electron chi connectivity index (χ0n) is 12.1. The van der Waals surface area contributed by atoms with Crippen LogP contribution in [0.5, 0.6) is 5.75 Å². The number of anilines is 1. The number of rotatable bonds is 5. The van der Waals surface area contributed by atoms with E-state index >= 15 is 0 Å². The van der Waals surface area contributed by atoms with Gasteiger partial charge in [0.2, 0.25) is 0 Å². The number of methoxy groups -OCH3 is 1. The first-order valence-electron chi connectivity index (χ1n) is 6.44. The maximum Gasteiger partial charge on any atom is 0.340 e. The van der Waals surface area contributed by atoms with E-state index in [2.05, 4.69) is 0 Å². The number of carbonyl (C=O) groups is 3. The van der Waals surface area contributed by atoms with E-state index in [0.29, 0.717) is 0 Å². The van der Waals surface area contributed by atoms with E-state index in [0.717, 1.165) is 6.07 Å². The fourth-order valence-corrected chi connectivity index (χ4v) is 2.17. The van der Waals surface area contributed by atoms with E-state index < -0.39 is 17.7 Å². The van der Waals surface area contributed by atoms with Gasteiger partial charge < -0.3 is 20.7 Å². The van der Waals surface area contributed by atoms with Crippen LogP contribution in [0.2, 0.25) is 0 Å². The van der Waals surface area contributed by atoms with Crippen LogP contribution in [-0.2, 0) is 0 Å². The second-order valence-corrected chi connectivity index (χ2v) is 4.67. The van der Waals surface area contributed by atoms with Gasteiger partial charge in [-0.2, -0.15) is 0 Å². The van der Waals surface area contributed by atoms with Gasteiger partial charge in [0.15, 0.2) is 5.78 Å². The second-order valence-electron chi connectivity index (χ2n) is 4.67. The third-order valence-corrected chi connectivity index (χ3v) is 3.17. The highest BCUT2D eigenvalue weighted by molar-refractivity contribution is 6.16. The van der Waals surface area contributed by atoms with Gasteiger partial charge in [0.05, 0.1) is 12.7 Å². The minimum atomic E-state index is -1.33. The van der Waals surface area contributed by atoms with Crippen molar-refractivity contribution < 1.29 is 29.3 Å². The highest BCUT2D eigenvalue weighted by Crippen LogP contribution is 2.25. The summed E-state index contributed by atoms with van der Waals surface area (Å²) in [5.74, 6) is -3.19. The van der Waals surface area contributed by atoms with Crippen molar-refractivity contribution >= 4 is 23.4 Å². The van der Waals surface area contributed by atoms with Crippen LogP contribution < -0.4 is 10.5 Å². The third kappa shape index (κ3) is 3.13. The van der Waals surface area contributed by atoms with Crippen molar-refractivity contribution in [1.29, 1.82) is 0 Å². The Bertz CT molecular complexity index is 812. The molecule has 0 fully saturated rings. The predicted molar refractivity (Wildman–Crippen MR) is 81.2 cm³/mol. The summed E-state index contributed by atoms with van der Waals surface area (Å²) < 4.78 is 4.97. The molecule has 0 radical (unpaired) electrons. The second kappa shape index (κ2) is 6.18. The molecule has 0 bridgehead atoms. The summed E-state index contributed by atoms with van der Waals surface area (Å²) in [7, 11) is 1.29. The lowest BCUT2D eigenvalue weighted by molar-refractivity contribution is 0.0681. The average Bonchev–Trinajstić information content (AvgIpc) is 2.52. The van der Waals surface area contributed by atoms with Gasteiger partial charge in [-0.15, -0.1) is 0 Å². The molecule has 0 saturated heterocycles. The van der Waals surface area contributed by atoms with Gasteiger partial charge in [-0.3, -0.25) is 4.79 Å². The number of aromatic carboxylic acids is 2. The molecule has 0 unspecified atom stereocenters. The number of hydrogen-bond acceptors (Lipinski definition) is 5. The number of carboxylic acids is 2. The molecule has 2 aromatic carbocycles. The summed E-state index contributed by atoms with van der Waals surface area (Å²) in [5.41, 5.74) is 5.12. The average molecular weight is 315 g/mol.